The Morgan fingerprint density at radius 2 is 1.35 bits per heavy atom. The number of hydrogen-bond acceptors (Lipinski definition) is 3. The maximum absolute atomic E-state index is 12.8. The van der Waals surface area contributed by atoms with Crippen molar-refractivity contribution in [3.05, 3.63) is 41.0 Å². The zero-order valence-corrected chi connectivity index (χ0v) is 26.2. The molecule has 3 rings (SSSR count). The van der Waals surface area contributed by atoms with Crippen LogP contribution >= 0.6 is 7.92 Å². The molecule has 204 valence electrons. The van der Waals surface area contributed by atoms with Crippen LogP contribution in [0.15, 0.2) is 24.3 Å². The molecule has 1 fully saturated rings. The molecule has 0 N–H and O–H groups in total. The summed E-state index contributed by atoms with van der Waals surface area (Å²) in [6.07, 6.45) is 2.27. The molecule has 1 aliphatic rings. The van der Waals surface area contributed by atoms with Gasteiger partial charge in [-0.15, -0.1) is 0 Å². The molecule has 3 nitrogen and oxygen atoms in total. The fraction of sp³-hybridized carbons (Fsp3) is 0.606. The predicted octanol–water partition coefficient (Wildman–Crippen LogP) is 8.84. The van der Waals surface area contributed by atoms with E-state index in [9.17, 15) is 4.79 Å². The second-order valence-electron chi connectivity index (χ2n) is 13.1. The maximum Gasteiger partial charge on any atom is 0.161 e. The van der Waals surface area contributed by atoms with Crippen LogP contribution in [0.25, 0.3) is 11.1 Å². The number of ether oxygens (including phenoxy) is 2. The van der Waals surface area contributed by atoms with Crippen LogP contribution < -0.4 is 14.8 Å². The third-order valence-corrected chi connectivity index (χ3v) is 11.3. The molecule has 0 radical (unpaired) electrons. The van der Waals surface area contributed by atoms with Gasteiger partial charge in [0, 0.05) is 12.8 Å². The monoisotopic (exact) mass is 524 g/mol. The normalized spacial score (nSPS) is 17.6. The molecule has 2 aromatic carbocycles. The van der Waals surface area contributed by atoms with E-state index in [1.807, 2.05) is 0 Å². The number of benzene rings is 2. The first-order valence-corrected chi connectivity index (χ1v) is 15.2. The standard InChI is InChI=1S/C33H49O3P/c1-20(2)13-24-14-23(21(3)4)15-26(22(5)6)31(24)27-16-28(35-11)29(36-12)17-30(27)37-32(7,8)18-25(34)19-33(37,9)10/h14-17,20-22H,13,18-19H2,1-12H3. The number of ketones is 1. The van der Waals surface area contributed by atoms with Crippen molar-refractivity contribution in [1.82, 2.24) is 0 Å². The van der Waals surface area contributed by atoms with Gasteiger partial charge in [-0.3, -0.25) is 4.79 Å². The third kappa shape index (κ3) is 6.08. The Morgan fingerprint density at radius 3 is 1.81 bits per heavy atom. The topological polar surface area (TPSA) is 35.5 Å². The van der Waals surface area contributed by atoms with Gasteiger partial charge in [-0.2, -0.15) is 0 Å². The average molecular weight is 525 g/mol. The van der Waals surface area contributed by atoms with E-state index >= 15 is 0 Å². The fourth-order valence-corrected chi connectivity index (χ4v) is 10.7. The quantitative estimate of drug-likeness (QED) is 0.324. The van der Waals surface area contributed by atoms with Crippen LogP contribution in [0, 0.1) is 5.92 Å². The van der Waals surface area contributed by atoms with E-state index in [4.69, 9.17) is 9.47 Å². The van der Waals surface area contributed by atoms with E-state index < -0.39 is 7.92 Å². The summed E-state index contributed by atoms with van der Waals surface area (Å²) in [5.41, 5.74) is 6.83. The number of methoxy groups -OCH3 is 2. The van der Waals surface area contributed by atoms with Crippen LogP contribution in [-0.2, 0) is 11.2 Å². The largest absolute Gasteiger partial charge is 0.493 e. The molecule has 37 heavy (non-hydrogen) atoms. The van der Waals surface area contributed by atoms with Crippen molar-refractivity contribution in [3.8, 4) is 22.6 Å². The highest BCUT2D eigenvalue weighted by Crippen LogP contribution is 2.65. The average Bonchev–Trinajstić information content (AvgIpc) is 2.75. The van der Waals surface area contributed by atoms with Gasteiger partial charge in [0.1, 0.15) is 5.78 Å². The lowest BCUT2D eigenvalue weighted by molar-refractivity contribution is -0.120. The highest BCUT2D eigenvalue weighted by atomic mass is 31.1. The van der Waals surface area contributed by atoms with E-state index in [0.29, 0.717) is 36.4 Å². The van der Waals surface area contributed by atoms with Crippen LogP contribution in [0.3, 0.4) is 0 Å². The summed E-state index contributed by atoms with van der Waals surface area (Å²) in [6.45, 7) is 23.0. The summed E-state index contributed by atoms with van der Waals surface area (Å²) in [7, 11) is 2.74. The van der Waals surface area contributed by atoms with Crippen LogP contribution in [0.5, 0.6) is 11.5 Å². The zero-order valence-electron chi connectivity index (χ0n) is 25.3. The molecule has 0 saturated carbocycles. The minimum atomic E-state index is -0.705. The van der Waals surface area contributed by atoms with Crippen LogP contribution in [-0.4, -0.2) is 30.3 Å². The van der Waals surface area contributed by atoms with Crippen LogP contribution in [0.4, 0.5) is 0 Å². The van der Waals surface area contributed by atoms with Crippen molar-refractivity contribution in [3.63, 3.8) is 0 Å². The van der Waals surface area contributed by atoms with Gasteiger partial charge in [-0.05, 0) is 79.7 Å². The lowest BCUT2D eigenvalue weighted by Crippen LogP contribution is -2.43. The molecule has 0 amide bonds. The fourth-order valence-electron chi connectivity index (χ4n) is 6.38. The van der Waals surface area contributed by atoms with Crippen molar-refractivity contribution in [2.24, 2.45) is 5.92 Å². The van der Waals surface area contributed by atoms with E-state index in [2.05, 4.69) is 93.5 Å². The molecular weight excluding hydrogens is 475 g/mol. The Hall–Kier alpha value is -1.86. The molecule has 0 aliphatic carbocycles. The Bertz CT molecular complexity index is 1120. The van der Waals surface area contributed by atoms with Crippen molar-refractivity contribution in [1.29, 1.82) is 0 Å². The molecule has 0 atom stereocenters. The SMILES string of the molecule is COc1cc(-c2c(CC(C)C)cc(C(C)C)cc2C(C)C)c(P2C(C)(C)CC(=O)CC2(C)C)cc1OC. The number of rotatable bonds is 8. The van der Waals surface area contributed by atoms with Gasteiger partial charge in [0.15, 0.2) is 11.5 Å². The van der Waals surface area contributed by atoms with Crippen molar-refractivity contribution in [2.75, 3.05) is 14.2 Å². The zero-order chi connectivity index (χ0) is 27.9. The van der Waals surface area contributed by atoms with E-state index in [0.717, 1.165) is 17.9 Å². The minimum Gasteiger partial charge on any atom is -0.493 e. The van der Waals surface area contributed by atoms with Crippen molar-refractivity contribution < 1.29 is 14.3 Å². The van der Waals surface area contributed by atoms with E-state index in [1.165, 1.54) is 33.1 Å². The Kier molecular flexibility index (Phi) is 8.90. The number of Topliss-reactive ketones (excluding diaryl/α,β-unsaturated/α-hetero) is 1. The highest BCUT2D eigenvalue weighted by molar-refractivity contribution is 7.69. The summed E-state index contributed by atoms with van der Waals surface area (Å²) in [5.74, 6) is 3.29. The van der Waals surface area contributed by atoms with Gasteiger partial charge >= 0.3 is 0 Å². The molecule has 0 spiro atoms. The van der Waals surface area contributed by atoms with Crippen LogP contribution in [0.1, 0.15) is 111 Å². The third-order valence-electron chi connectivity index (χ3n) is 7.67. The van der Waals surface area contributed by atoms with Crippen molar-refractivity contribution >= 4 is 19.0 Å². The van der Waals surface area contributed by atoms with Gasteiger partial charge < -0.3 is 9.47 Å². The molecule has 1 heterocycles. The van der Waals surface area contributed by atoms with Crippen LogP contribution in [0.2, 0.25) is 0 Å². The minimum absolute atomic E-state index is 0.114. The van der Waals surface area contributed by atoms with Gasteiger partial charge in [0.2, 0.25) is 0 Å². The van der Waals surface area contributed by atoms with Crippen molar-refractivity contribution in [2.45, 2.75) is 111 Å². The smallest absolute Gasteiger partial charge is 0.161 e. The maximum atomic E-state index is 12.8. The second kappa shape index (κ2) is 11.1. The molecule has 4 heteroatoms. The molecule has 2 aromatic rings. The number of carbonyl (C=O) groups is 1. The van der Waals surface area contributed by atoms with Gasteiger partial charge in [-0.1, -0.05) is 89.3 Å². The molecule has 1 aliphatic heterocycles. The summed E-state index contributed by atoms with van der Waals surface area (Å²) < 4.78 is 11.7. The molecular formula is C33H49O3P. The Labute approximate surface area is 227 Å². The molecule has 0 bridgehead atoms. The highest BCUT2D eigenvalue weighted by Gasteiger charge is 2.48. The van der Waals surface area contributed by atoms with E-state index in [1.54, 1.807) is 14.2 Å². The summed E-state index contributed by atoms with van der Waals surface area (Å²) in [4.78, 5) is 12.8. The first-order valence-electron chi connectivity index (χ1n) is 13.9. The molecule has 0 aromatic heterocycles. The Morgan fingerprint density at radius 1 is 0.811 bits per heavy atom. The lowest BCUT2D eigenvalue weighted by atomic mass is 9.82. The number of carbonyl (C=O) groups excluding carboxylic acids is 1. The van der Waals surface area contributed by atoms with E-state index in [-0.39, 0.29) is 10.3 Å². The molecule has 1 saturated heterocycles. The lowest BCUT2D eigenvalue weighted by Gasteiger charge is -2.50. The first-order chi connectivity index (χ1) is 17.1. The first kappa shape index (κ1) is 29.7. The van der Waals surface area contributed by atoms with Gasteiger partial charge in [-0.25, -0.2) is 0 Å². The van der Waals surface area contributed by atoms with Gasteiger partial charge in [0.25, 0.3) is 0 Å². The second-order valence-corrected chi connectivity index (χ2v) is 16.7. The molecule has 0 unspecified atom stereocenters. The summed E-state index contributed by atoms with van der Waals surface area (Å²) >= 11 is 0. The summed E-state index contributed by atoms with van der Waals surface area (Å²) in [6, 6.07) is 9.33. The van der Waals surface area contributed by atoms with Gasteiger partial charge in [0.05, 0.1) is 14.2 Å². The number of hydrogen-bond donors (Lipinski definition) is 0. The summed E-state index contributed by atoms with van der Waals surface area (Å²) in [5, 5.41) is 1.10. The predicted molar refractivity (Wildman–Crippen MR) is 161 cm³/mol. The Balaban J connectivity index is 2.49.